The van der Waals surface area contributed by atoms with Crippen LogP contribution < -0.4 is 4.74 Å². The lowest BCUT2D eigenvalue weighted by Crippen LogP contribution is -2.39. The zero-order valence-corrected chi connectivity index (χ0v) is 26.3. The van der Waals surface area contributed by atoms with Gasteiger partial charge in [-0.2, -0.15) is 4.89 Å². The Bertz CT molecular complexity index is 666. The van der Waals surface area contributed by atoms with Gasteiger partial charge in [0.25, 0.3) is 0 Å². The third-order valence-corrected chi connectivity index (χ3v) is 7.47. The van der Waals surface area contributed by atoms with Crippen LogP contribution in [0.4, 0.5) is 0 Å². The predicted molar refractivity (Wildman–Crippen MR) is 159 cm³/mol. The molecule has 1 aromatic carbocycles. The van der Waals surface area contributed by atoms with Gasteiger partial charge in [-0.15, -0.1) is 0 Å². The summed E-state index contributed by atoms with van der Waals surface area (Å²) in [5.41, 5.74) is 0. The van der Waals surface area contributed by atoms with E-state index in [4.69, 9.17) is 19.9 Å². The van der Waals surface area contributed by atoms with Crippen molar-refractivity contribution in [3.05, 3.63) is 30.3 Å². The van der Waals surface area contributed by atoms with E-state index in [1.54, 1.807) is 0 Å². The van der Waals surface area contributed by atoms with Crippen molar-refractivity contribution in [2.45, 2.75) is 167 Å². The molecule has 1 rings (SSSR count). The van der Waals surface area contributed by atoms with E-state index in [0.29, 0.717) is 18.6 Å². The van der Waals surface area contributed by atoms with Crippen molar-refractivity contribution in [2.24, 2.45) is 0 Å². The fourth-order valence-corrected chi connectivity index (χ4v) is 5.10. The molecule has 0 heterocycles. The molecule has 10 heteroatoms. The summed E-state index contributed by atoms with van der Waals surface area (Å²) in [5.74, 6) is -0.417. The fraction of sp³-hybridized carbons (Fsp3) is 0.812. The maximum Gasteiger partial charge on any atom is 0.244 e. The van der Waals surface area contributed by atoms with Crippen LogP contribution in [0.5, 0.6) is 5.75 Å². The second-order valence-electron chi connectivity index (χ2n) is 11.1. The van der Waals surface area contributed by atoms with Crippen molar-refractivity contribution in [3.63, 3.8) is 0 Å². The molecule has 0 aliphatic rings. The number of hydrogen-bond donors (Lipinski definition) is 1. The monoisotopic (exact) mass is 602 g/mol. The van der Waals surface area contributed by atoms with Crippen LogP contribution >= 0.6 is 0 Å². The van der Waals surface area contributed by atoms with Crippen LogP contribution in [0.1, 0.15) is 162 Å². The lowest BCUT2D eigenvalue weighted by molar-refractivity contribution is -0.834. The van der Waals surface area contributed by atoms with Gasteiger partial charge < -0.3 is 4.74 Å². The molecule has 1 N–H and O–H groups in total. The van der Waals surface area contributed by atoms with Crippen LogP contribution in [0.25, 0.3) is 0 Å². The van der Waals surface area contributed by atoms with Crippen LogP contribution in [0.3, 0.4) is 0 Å². The Morgan fingerprint density at radius 1 is 0.476 bits per heavy atom. The van der Waals surface area contributed by atoms with Gasteiger partial charge in [-0.05, 0) is 60.2 Å². The van der Waals surface area contributed by atoms with Crippen LogP contribution in [0.15, 0.2) is 30.3 Å². The first-order valence-electron chi connectivity index (χ1n) is 16.5. The molecule has 246 valence electrons. The minimum atomic E-state index is -1.09. The first kappa shape index (κ1) is 38.7. The Kier molecular flexibility index (Phi) is 27.4. The van der Waals surface area contributed by atoms with Crippen LogP contribution in [-0.4, -0.2) is 11.0 Å². The minimum Gasteiger partial charge on any atom is -0.460 e. The van der Waals surface area contributed by atoms with E-state index in [0.717, 1.165) is 32.1 Å². The molecule has 0 saturated carbocycles. The van der Waals surface area contributed by atoms with Crippen LogP contribution in [0, 0.1) is 0 Å². The Hall–Kier alpha value is -1.34. The summed E-state index contributed by atoms with van der Waals surface area (Å²) in [7, 11) is 0. The molecule has 0 spiro atoms. The predicted octanol–water partition coefficient (Wildman–Crippen LogP) is 10.8. The molecule has 1 aromatic rings. The number of benzene rings is 1. The Labute approximate surface area is 253 Å². The Morgan fingerprint density at radius 3 is 1.29 bits per heavy atom. The minimum absolute atomic E-state index is 0.606. The summed E-state index contributed by atoms with van der Waals surface area (Å²) in [6.45, 7) is 4.48. The average molecular weight is 603 g/mol. The molecule has 1 atom stereocenters. The molecular formula is C32H58O10. The van der Waals surface area contributed by atoms with E-state index in [1.807, 2.05) is 30.3 Å². The second kappa shape index (κ2) is 29.7. The normalized spacial score (nSPS) is 12.9. The van der Waals surface area contributed by atoms with Crippen molar-refractivity contribution >= 4 is 0 Å². The summed E-state index contributed by atoms with van der Waals surface area (Å²) >= 11 is 0. The zero-order chi connectivity index (χ0) is 30.2. The van der Waals surface area contributed by atoms with Gasteiger partial charge in [0.2, 0.25) is 5.79 Å². The highest BCUT2D eigenvalue weighted by Crippen LogP contribution is 2.31. The highest BCUT2D eigenvalue weighted by atomic mass is 17.9. The standard InChI is InChI=1S/C32H58O10/c1-3-5-7-9-11-12-13-14-15-16-17-18-19-21-26-30-32(29-25-20-10-8-6-4-2,34-31-27-23-22-24-28-31)35-37-39-41-42-40-38-36-33/h22-24,27-28,33H,3-21,25-26,29-30H2,1-2H3. The smallest absolute Gasteiger partial charge is 0.244 e. The molecular weight excluding hydrogens is 544 g/mol. The zero-order valence-electron chi connectivity index (χ0n) is 26.3. The Balaban J connectivity index is 2.45. The van der Waals surface area contributed by atoms with Crippen LogP contribution in [-0.2, 0) is 40.2 Å². The largest absolute Gasteiger partial charge is 0.460 e. The maximum atomic E-state index is 8.00. The van der Waals surface area contributed by atoms with E-state index < -0.39 is 5.79 Å². The third kappa shape index (κ3) is 23.2. The lowest BCUT2D eigenvalue weighted by Gasteiger charge is -2.32. The van der Waals surface area contributed by atoms with E-state index in [1.165, 1.54) is 103 Å². The third-order valence-electron chi connectivity index (χ3n) is 7.47. The van der Waals surface area contributed by atoms with Gasteiger partial charge in [-0.1, -0.05) is 154 Å². The Morgan fingerprint density at radius 2 is 0.857 bits per heavy atom. The lowest BCUT2D eigenvalue weighted by atomic mass is 9.98. The fourth-order valence-electron chi connectivity index (χ4n) is 5.10. The number of ether oxygens (including phenoxy) is 1. The molecule has 0 aliphatic carbocycles. The van der Waals surface area contributed by atoms with Crippen molar-refractivity contribution in [3.8, 4) is 5.75 Å². The molecule has 42 heavy (non-hydrogen) atoms. The summed E-state index contributed by atoms with van der Waals surface area (Å²) in [5, 5.41) is 35.9. The van der Waals surface area contributed by atoms with Gasteiger partial charge in [0.05, 0.1) is 0 Å². The SMILES string of the molecule is CCCCCCCCCCCCCCCCCC(CCCCCCCC)(OOOOOOOOO)Oc1ccccc1. The van der Waals surface area contributed by atoms with Gasteiger partial charge in [-0.3, -0.25) is 0 Å². The highest BCUT2D eigenvalue weighted by molar-refractivity contribution is 5.21. The van der Waals surface area contributed by atoms with E-state index in [-0.39, 0.29) is 0 Å². The molecule has 0 fully saturated rings. The van der Waals surface area contributed by atoms with Crippen molar-refractivity contribution in [1.29, 1.82) is 0 Å². The molecule has 0 saturated heterocycles. The van der Waals surface area contributed by atoms with Crippen LogP contribution in [0.2, 0.25) is 0 Å². The molecule has 0 aliphatic heterocycles. The first-order chi connectivity index (χ1) is 20.8. The topological polar surface area (TPSA) is 103 Å². The van der Waals surface area contributed by atoms with Gasteiger partial charge in [0.1, 0.15) is 5.75 Å². The highest BCUT2D eigenvalue weighted by Gasteiger charge is 2.35. The quantitative estimate of drug-likeness (QED) is 0.0361. The summed E-state index contributed by atoms with van der Waals surface area (Å²) in [6.07, 6.45) is 27.4. The second-order valence-corrected chi connectivity index (χ2v) is 11.1. The molecule has 1 unspecified atom stereocenters. The van der Waals surface area contributed by atoms with Gasteiger partial charge in [0.15, 0.2) is 0 Å². The summed E-state index contributed by atoms with van der Waals surface area (Å²) in [4.78, 5) is 5.66. The molecule has 10 nitrogen and oxygen atoms in total. The van der Waals surface area contributed by atoms with Gasteiger partial charge >= 0.3 is 0 Å². The number of unbranched alkanes of at least 4 members (excludes halogenated alkanes) is 19. The first-order valence-corrected chi connectivity index (χ1v) is 16.5. The summed E-state index contributed by atoms with van der Waals surface area (Å²) in [6, 6.07) is 9.51. The number of para-hydroxylation sites is 1. The number of rotatable bonds is 33. The molecule has 0 aromatic heterocycles. The molecule has 0 amide bonds. The van der Waals surface area contributed by atoms with Crippen molar-refractivity contribution in [1.82, 2.24) is 0 Å². The van der Waals surface area contributed by atoms with E-state index in [2.05, 4.69) is 44.1 Å². The van der Waals surface area contributed by atoms with Crippen molar-refractivity contribution < 1.29 is 50.1 Å². The van der Waals surface area contributed by atoms with Gasteiger partial charge in [-0.25, -0.2) is 5.26 Å². The van der Waals surface area contributed by atoms with Crippen molar-refractivity contribution in [2.75, 3.05) is 0 Å². The average Bonchev–Trinajstić information content (AvgIpc) is 3.01. The van der Waals surface area contributed by atoms with E-state index >= 15 is 0 Å². The molecule has 0 bridgehead atoms. The maximum absolute atomic E-state index is 8.00. The van der Waals surface area contributed by atoms with Gasteiger partial charge in [0, 0.05) is 12.8 Å². The summed E-state index contributed by atoms with van der Waals surface area (Å²) < 4.78 is 6.36. The van der Waals surface area contributed by atoms with E-state index in [9.17, 15) is 0 Å². The molecule has 0 radical (unpaired) electrons. The number of hydrogen-bond acceptors (Lipinski definition) is 10.